The minimum atomic E-state index is -3.71. The Morgan fingerprint density at radius 3 is 2.43 bits per heavy atom. The first-order chi connectivity index (χ1) is 16.6. The van der Waals surface area contributed by atoms with Crippen molar-refractivity contribution in [2.24, 2.45) is 16.7 Å². The second kappa shape index (κ2) is 8.93. The summed E-state index contributed by atoms with van der Waals surface area (Å²) in [6, 6.07) is 15.0. The van der Waals surface area contributed by atoms with Gasteiger partial charge in [-0.2, -0.15) is 4.31 Å². The van der Waals surface area contributed by atoms with Crippen LogP contribution < -0.4 is 10.6 Å². The van der Waals surface area contributed by atoms with E-state index in [0.29, 0.717) is 36.8 Å². The molecule has 2 aliphatic carbocycles. The number of fused-ring (bicyclic) bond motifs is 2. The number of hydrogen-bond donors (Lipinski definition) is 2. The van der Waals surface area contributed by atoms with Crippen LogP contribution in [0.3, 0.4) is 0 Å². The van der Waals surface area contributed by atoms with Crippen molar-refractivity contribution in [3.8, 4) is 0 Å². The second-order valence-electron chi connectivity index (χ2n) is 11.5. The molecule has 7 heteroatoms. The minimum absolute atomic E-state index is 0.0320. The molecule has 6 nitrogen and oxygen atoms in total. The SMILES string of the molecule is CC1(C)C(NC(=O)c2ccc(NCc3ccccc3)c(S(=O)(=O)N3CCCC3)c2)[C@]2(C)CC[C@@H]1C2. The minimum Gasteiger partial charge on any atom is -0.380 e. The number of nitrogens with one attached hydrogen (secondary N) is 2. The number of rotatable bonds is 7. The number of sulfonamides is 1. The fourth-order valence-electron chi connectivity index (χ4n) is 6.76. The number of anilines is 1. The third-order valence-electron chi connectivity index (χ3n) is 8.80. The Labute approximate surface area is 209 Å². The maximum absolute atomic E-state index is 13.6. The first-order valence-corrected chi connectivity index (χ1v) is 14.3. The predicted octanol–water partition coefficient (Wildman–Crippen LogP) is 5.03. The Hall–Kier alpha value is -2.38. The molecule has 1 saturated heterocycles. The zero-order chi connectivity index (χ0) is 24.8. The number of nitrogens with zero attached hydrogens (tertiary/aromatic N) is 1. The number of benzene rings is 2. The molecule has 2 aromatic carbocycles. The fourth-order valence-corrected chi connectivity index (χ4v) is 8.47. The highest BCUT2D eigenvalue weighted by molar-refractivity contribution is 7.89. The highest BCUT2D eigenvalue weighted by Gasteiger charge is 2.59. The van der Waals surface area contributed by atoms with Crippen LogP contribution in [-0.2, 0) is 16.6 Å². The molecule has 3 atom stereocenters. The molecule has 2 saturated carbocycles. The first-order valence-electron chi connectivity index (χ1n) is 12.8. The Morgan fingerprint density at radius 2 is 1.77 bits per heavy atom. The molecule has 0 spiro atoms. The zero-order valence-electron chi connectivity index (χ0n) is 21.0. The van der Waals surface area contributed by atoms with Gasteiger partial charge in [-0.15, -0.1) is 0 Å². The lowest BCUT2D eigenvalue weighted by atomic mass is 9.68. The van der Waals surface area contributed by atoms with E-state index in [4.69, 9.17) is 0 Å². The van der Waals surface area contributed by atoms with Crippen molar-refractivity contribution >= 4 is 21.6 Å². The lowest BCUT2D eigenvalue weighted by molar-refractivity contribution is 0.0737. The highest BCUT2D eigenvalue weighted by atomic mass is 32.2. The number of hydrogen-bond acceptors (Lipinski definition) is 4. The van der Waals surface area contributed by atoms with E-state index in [1.165, 1.54) is 10.7 Å². The summed E-state index contributed by atoms with van der Waals surface area (Å²) in [7, 11) is -3.71. The van der Waals surface area contributed by atoms with Crippen LogP contribution in [0, 0.1) is 16.7 Å². The number of carbonyl (C=O) groups is 1. The summed E-state index contributed by atoms with van der Waals surface area (Å²) in [5.74, 6) is 0.429. The van der Waals surface area contributed by atoms with Gasteiger partial charge in [-0.3, -0.25) is 4.79 Å². The molecule has 1 heterocycles. The van der Waals surface area contributed by atoms with Gasteiger partial charge in [-0.1, -0.05) is 51.1 Å². The lowest BCUT2D eigenvalue weighted by Crippen LogP contribution is -2.52. The maximum atomic E-state index is 13.6. The van der Waals surface area contributed by atoms with Gasteiger partial charge in [0.05, 0.1) is 5.69 Å². The molecule has 5 rings (SSSR count). The van der Waals surface area contributed by atoms with Gasteiger partial charge in [-0.05, 0) is 72.6 Å². The smallest absolute Gasteiger partial charge is 0.251 e. The van der Waals surface area contributed by atoms with Gasteiger partial charge in [-0.25, -0.2) is 8.42 Å². The normalized spacial score (nSPS) is 27.7. The van der Waals surface area contributed by atoms with Crippen LogP contribution >= 0.6 is 0 Å². The average Bonchev–Trinajstić information content (AvgIpc) is 3.56. The monoisotopic (exact) mass is 495 g/mol. The van der Waals surface area contributed by atoms with Crippen LogP contribution in [0.4, 0.5) is 5.69 Å². The zero-order valence-corrected chi connectivity index (χ0v) is 21.8. The first kappa shape index (κ1) is 24.3. The quantitative estimate of drug-likeness (QED) is 0.565. The van der Waals surface area contributed by atoms with Crippen LogP contribution in [0.2, 0.25) is 0 Å². The van der Waals surface area contributed by atoms with Gasteiger partial charge in [0.1, 0.15) is 4.90 Å². The molecule has 0 radical (unpaired) electrons. The van der Waals surface area contributed by atoms with Gasteiger partial charge >= 0.3 is 0 Å². The fraction of sp³-hybridized carbons (Fsp3) is 0.536. The van der Waals surface area contributed by atoms with Gasteiger partial charge in [0.25, 0.3) is 5.91 Å². The van der Waals surface area contributed by atoms with E-state index in [1.807, 2.05) is 30.3 Å². The molecule has 0 aromatic heterocycles. The van der Waals surface area contributed by atoms with Crippen molar-refractivity contribution in [1.82, 2.24) is 9.62 Å². The Balaban J connectivity index is 1.44. The van der Waals surface area contributed by atoms with Crippen LogP contribution in [0.1, 0.15) is 68.8 Å². The molecular formula is C28H37N3O3S. The van der Waals surface area contributed by atoms with Gasteiger partial charge < -0.3 is 10.6 Å². The van der Waals surface area contributed by atoms with E-state index in [-0.39, 0.29) is 27.7 Å². The van der Waals surface area contributed by atoms with E-state index in [9.17, 15) is 13.2 Å². The van der Waals surface area contributed by atoms with E-state index in [0.717, 1.165) is 31.2 Å². The largest absolute Gasteiger partial charge is 0.380 e. The molecule has 1 unspecified atom stereocenters. The summed E-state index contributed by atoms with van der Waals surface area (Å²) in [5.41, 5.74) is 2.13. The molecule has 2 N–H and O–H groups in total. The number of carbonyl (C=O) groups excluding carboxylic acids is 1. The topological polar surface area (TPSA) is 78.5 Å². The van der Waals surface area contributed by atoms with E-state index < -0.39 is 10.0 Å². The maximum Gasteiger partial charge on any atom is 0.251 e. The van der Waals surface area contributed by atoms with Crippen LogP contribution in [0.5, 0.6) is 0 Å². The molecule has 3 aliphatic rings. The van der Waals surface area contributed by atoms with Crippen molar-refractivity contribution in [3.63, 3.8) is 0 Å². The molecule has 1 amide bonds. The standard InChI is InChI=1S/C28H37N3O3S/c1-27(2)22-13-14-28(3,18-22)26(27)30-25(32)21-11-12-23(29-19-20-9-5-4-6-10-20)24(17-21)35(33,34)31-15-7-8-16-31/h4-6,9-12,17,22,26,29H,7-8,13-16,18-19H2,1-3H3,(H,30,32)/t22-,26?,28-/m1/s1. The van der Waals surface area contributed by atoms with Crippen molar-refractivity contribution in [3.05, 3.63) is 59.7 Å². The Morgan fingerprint density at radius 1 is 1.06 bits per heavy atom. The van der Waals surface area contributed by atoms with Gasteiger partial charge in [0.2, 0.25) is 10.0 Å². The van der Waals surface area contributed by atoms with Crippen LogP contribution in [-0.4, -0.2) is 37.8 Å². The lowest BCUT2D eigenvalue weighted by Gasteiger charge is -2.43. The molecule has 2 aromatic rings. The summed E-state index contributed by atoms with van der Waals surface area (Å²) in [6.07, 6.45) is 5.21. The Kier molecular flexibility index (Phi) is 6.20. The summed E-state index contributed by atoms with van der Waals surface area (Å²) in [6.45, 7) is 8.34. The predicted molar refractivity (Wildman–Crippen MR) is 139 cm³/mol. The van der Waals surface area contributed by atoms with Gasteiger partial charge in [0, 0.05) is 31.2 Å². The summed E-state index contributed by atoms with van der Waals surface area (Å²) < 4.78 is 28.7. The van der Waals surface area contributed by atoms with E-state index >= 15 is 0 Å². The third-order valence-corrected chi connectivity index (χ3v) is 10.7. The molecule has 188 valence electrons. The molecular weight excluding hydrogens is 458 g/mol. The van der Waals surface area contributed by atoms with Crippen molar-refractivity contribution in [2.45, 2.75) is 70.4 Å². The van der Waals surface area contributed by atoms with Crippen LogP contribution in [0.25, 0.3) is 0 Å². The van der Waals surface area contributed by atoms with Crippen molar-refractivity contribution in [2.75, 3.05) is 18.4 Å². The van der Waals surface area contributed by atoms with Gasteiger partial charge in [0.15, 0.2) is 0 Å². The van der Waals surface area contributed by atoms with Crippen molar-refractivity contribution in [1.29, 1.82) is 0 Å². The molecule has 1 aliphatic heterocycles. The summed E-state index contributed by atoms with van der Waals surface area (Å²) in [5, 5.41) is 6.62. The second-order valence-corrected chi connectivity index (χ2v) is 13.4. The Bertz CT molecular complexity index is 1200. The van der Waals surface area contributed by atoms with Crippen molar-refractivity contribution < 1.29 is 13.2 Å². The highest BCUT2D eigenvalue weighted by Crippen LogP contribution is 2.62. The average molecular weight is 496 g/mol. The molecule has 3 fully saturated rings. The van der Waals surface area contributed by atoms with Crippen LogP contribution in [0.15, 0.2) is 53.4 Å². The third kappa shape index (κ3) is 4.38. The molecule has 2 bridgehead atoms. The summed E-state index contributed by atoms with van der Waals surface area (Å²) in [4.78, 5) is 13.6. The van der Waals surface area contributed by atoms with E-state index in [2.05, 4.69) is 31.4 Å². The number of amides is 1. The molecule has 35 heavy (non-hydrogen) atoms. The van der Waals surface area contributed by atoms with E-state index in [1.54, 1.807) is 18.2 Å². The summed E-state index contributed by atoms with van der Waals surface area (Å²) >= 11 is 0.